The Morgan fingerprint density at radius 3 is 2.24 bits per heavy atom. The number of sulfonamides is 1. The first-order valence-electron chi connectivity index (χ1n) is 11.6. The van der Waals surface area contributed by atoms with Crippen LogP contribution in [0.4, 0.5) is 11.4 Å². The van der Waals surface area contributed by atoms with Crippen LogP contribution in [-0.4, -0.2) is 69.3 Å². The highest BCUT2D eigenvalue weighted by Gasteiger charge is 2.26. The van der Waals surface area contributed by atoms with Crippen LogP contribution in [0.25, 0.3) is 0 Å². The molecular formula is C24H31ClN4O3S. The van der Waals surface area contributed by atoms with Crippen LogP contribution in [0.5, 0.6) is 0 Å². The van der Waals surface area contributed by atoms with Crippen molar-refractivity contribution in [2.24, 2.45) is 0 Å². The molecule has 2 heterocycles. The second-order valence-electron chi connectivity index (χ2n) is 8.53. The highest BCUT2D eigenvalue weighted by atomic mass is 35.5. The van der Waals surface area contributed by atoms with Crippen LogP contribution in [-0.2, 0) is 10.0 Å². The molecule has 0 unspecified atom stereocenters. The van der Waals surface area contributed by atoms with Gasteiger partial charge in [0.15, 0.2) is 0 Å². The van der Waals surface area contributed by atoms with Crippen molar-refractivity contribution < 1.29 is 13.2 Å². The molecule has 1 amide bonds. The summed E-state index contributed by atoms with van der Waals surface area (Å²) in [4.78, 5) is 17.9. The lowest BCUT2D eigenvalue weighted by molar-refractivity contribution is 0.102. The number of piperazine rings is 1. The Labute approximate surface area is 201 Å². The number of hydrogen-bond acceptors (Lipinski definition) is 5. The molecule has 2 saturated heterocycles. The number of piperidine rings is 1. The fraction of sp³-hybridized carbons (Fsp3) is 0.458. The average Bonchev–Trinajstić information content (AvgIpc) is 2.85. The van der Waals surface area contributed by atoms with Crippen LogP contribution in [0.1, 0.15) is 36.5 Å². The third kappa shape index (κ3) is 5.51. The van der Waals surface area contributed by atoms with Gasteiger partial charge >= 0.3 is 0 Å². The predicted octanol–water partition coefficient (Wildman–Crippen LogP) is 3.91. The molecule has 0 bridgehead atoms. The maximum Gasteiger partial charge on any atom is 0.255 e. The smallest absolute Gasteiger partial charge is 0.255 e. The van der Waals surface area contributed by atoms with Crippen molar-refractivity contribution in [1.82, 2.24) is 9.21 Å². The van der Waals surface area contributed by atoms with Crippen LogP contribution in [0.3, 0.4) is 0 Å². The summed E-state index contributed by atoms with van der Waals surface area (Å²) in [5.41, 5.74) is 1.99. The minimum atomic E-state index is -3.52. The number of carbonyl (C=O) groups excluding carboxylic acids is 1. The number of hydrogen-bond donors (Lipinski definition) is 1. The van der Waals surface area contributed by atoms with E-state index in [0.29, 0.717) is 29.4 Å². The van der Waals surface area contributed by atoms with E-state index in [4.69, 9.17) is 11.6 Å². The van der Waals surface area contributed by atoms with Crippen molar-refractivity contribution in [1.29, 1.82) is 0 Å². The van der Waals surface area contributed by atoms with Crippen molar-refractivity contribution in [3.8, 4) is 0 Å². The van der Waals surface area contributed by atoms with Gasteiger partial charge in [0.25, 0.3) is 5.91 Å². The van der Waals surface area contributed by atoms with Gasteiger partial charge in [0.1, 0.15) is 0 Å². The first-order valence-corrected chi connectivity index (χ1v) is 13.4. The van der Waals surface area contributed by atoms with E-state index in [1.807, 2.05) is 12.1 Å². The summed E-state index contributed by atoms with van der Waals surface area (Å²) in [6.45, 7) is 7.99. The Balaban J connectivity index is 1.49. The van der Waals surface area contributed by atoms with Crippen molar-refractivity contribution in [2.75, 3.05) is 56.0 Å². The lowest BCUT2D eigenvalue weighted by Crippen LogP contribution is -2.46. The Bertz CT molecular complexity index is 1080. The highest BCUT2D eigenvalue weighted by molar-refractivity contribution is 7.89. The zero-order valence-electron chi connectivity index (χ0n) is 19.0. The zero-order valence-corrected chi connectivity index (χ0v) is 20.5. The first kappa shape index (κ1) is 24.0. The molecule has 178 valence electrons. The number of benzene rings is 2. The third-order valence-electron chi connectivity index (χ3n) is 6.44. The standard InChI is InChI=1S/C24H31ClN4O3S/c1-2-27-14-16-28(17-15-27)23-11-8-20(25)18-22(23)26-24(30)19-6-9-21(10-7-19)33(31,32)29-12-4-3-5-13-29/h6-11,18H,2-5,12-17H2,1H3,(H,26,30). The molecule has 33 heavy (non-hydrogen) atoms. The number of likely N-dealkylation sites (N-methyl/N-ethyl adjacent to an activating group) is 1. The summed E-state index contributed by atoms with van der Waals surface area (Å²) in [6.07, 6.45) is 2.83. The number of amides is 1. The van der Waals surface area contributed by atoms with Gasteiger partial charge in [-0.05, 0) is 61.9 Å². The molecule has 2 aromatic carbocycles. The van der Waals surface area contributed by atoms with Gasteiger partial charge in [-0.25, -0.2) is 8.42 Å². The topological polar surface area (TPSA) is 73.0 Å². The number of nitrogens with one attached hydrogen (secondary N) is 1. The molecule has 9 heteroatoms. The molecule has 2 aromatic rings. The van der Waals surface area contributed by atoms with Crippen molar-refractivity contribution in [3.63, 3.8) is 0 Å². The fourth-order valence-corrected chi connectivity index (χ4v) is 6.11. The van der Waals surface area contributed by atoms with Gasteiger partial charge in [0.2, 0.25) is 10.0 Å². The van der Waals surface area contributed by atoms with E-state index >= 15 is 0 Å². The molecule has 0 aromatic heterocycles. The number of rotatable bonds is 6. The van der Waals surface area contributed by atoms with E-state index in [2.05, 4.69) is 22.0 Å². The number of nitrogens with zero attached hydrogens (tertiary/aromatic N) is 3. The van der Waals surface area contributed by atoms with Crippen molar-refractivity contribution >= 4 is 38.9 Å². The van der Waals surface area contributed by atoms with Gasteiger partial charge in [0, 0.05) is 49.9 Å². The van der Waals surface area contributed by atoms with Gasteiger partial charge in [-0.2, -0.15) is 4.31 Å². The average molecular weight is 491 g/mol. The first-order chi connectivity index (χ1) is 15.9. The quantitative estimate of drug-likeness (QED) is 0.664. The van der Waals surface area contributed by atoms with E-state index in [0.717, 1.165) is 57.7 Å². The van der Waals surface area contributed by atoms with Crippen LogP contribution < -0.4 is 10.2 Å². The molecule has 0 atom stereocenters. The normalized spacial score (nSPS) is 18.3. The largest absolute Gasteiger partial charge is 0.367 e. The Kier molecular flexibility index (Phi) is 7.58. The number of halogens is 1. The molecular weight excluding hydrogens is 460 g/mol. The van der Waals surface area contributed by atoms with Gasteiger partial charge in [-0.15, -0.1) is 0 Å². The van der Waals surface area contributed by atoms with Crippen LogP contribution in [0.2, 0.25) is 5.02 Å². The minimum absolute atomic E-state index is 0.221. The van der Waals surface area contributed by atoms with Crippen molar-refractivity contribution in [3.05, 3.63) is 53.1 Å². The summed E-state index contributed by atoms with van der Waals surface area (Å²) in [7, 11) is -3.52. The van der Waals surface area contributed by atoms with Crippen LogP contribution in [0.15, 0.2) is 47.4 Å². The predicted molar refractivity (Wildman–Crippen MR) is 133 cm³/mol. The summed E-state index contributed by atoms with van der Waals surface area (Å²) in [5.74, 6) is -0.298. The highest BCUT2D eigenvalue weighted by Crippen LogP contribution is 2.31. The van der Waals surface area contributed by atoms with Crippen LogP contribution in [0, 0.1) is 0 Å². The van der Waals surface area contributed by atoms with E-state index in [1.165, 1.54) is 16.4 Å². The molecule has 0 saturated carbocycles. The lowest BCUT2D eigenvalue weighted by atomic mass is 10.1. The Morgan fingerprint density at radius 2 is 1.61 bits per heavy atom. The molecule has 0 radical (unpaired) electrons. The SMILES string of the molecule is CCN1CCN(c2ccc(Cl)cc2NC(=O)c2ccc(S(=O)(=O)N3CCCCC3)cc2)CC1. The van der Waals surface area contributed by atoms with E-state index in [9.17, 15) is 13.2 Å². The molecule has 2 aliphatic rings. The maximum atomic E-state index is 13.0. The van der Waals surface area contributed by atoms with Gasteiger partial charge in [-0.1, -0.05) is 24.9 Å². The second kappa shape index (κ2) is 10.4. The van der Waals surface area contributed by atoms with Gasteiger partial charge in [0.05, 0.1) is 16.3 Å². The summed E-state index contributed by atoms with van der Waals surface area (Å²) in [5, 5.41) is 3.52. The van der Waals surface area contributed by atoms with E-state index < -0.39 is 10.0 Å². The molecule has 2 fully saturated rings. The summed E-state index contributed by atoms with van der Waals surface area (Å²) in [6, 6.07) is 11.7. The molecule has 1 N–H and O–H groups in total. The maximum absolute atomic E-state index is 13.0. The monoisotopic (exact) mass is 490 g/mol. The molecule has 4 rings (SSSR count). The fourth-order valence-electron chi connectivity index (χ4n) is 4.42. The Hall–Kier alpha value is -2.13. The summed E-state index contributed by atoms with van der Waals surface area (Å²) >= 11 is 6.23. The van der Waals surface area contributed by atoms with E-state index in [-0.39, 0.29) is 10.8 Å². The van der Waals surface area contributed by atoms with E-state index in [1.54, 1.807) is 18.2 Å². The zero-order chi connectivity index (χ0) is 23.4. The lowest BCUT2D eigenvalue weighted by Gasteiger charge is -2.36. The summed E-state index contributed by atoms with van der Waals surface area (Å²) < 4.78 is 27.3. The second-order valence-corrected chi connectivity index (χ2v) is 10.9. The number of anilines is 2. The number of carbonyl (C=O) groups is 1. The Morgan fingerprint density at radius 1 is 0.939 bits per heavy atom. The minimum Gasteiger partial charge on any atom is -0.367 e. The molecule has 0 spiro atoms. The van der Waals surface area contributed by atoms with Crippen LogP contribution >= 0.6 is 11.6 Å². The van der Waals surface area contributed by atoms with Gasteiger partial charge < -0.3 is 15.1 Å². The van der Waals surface area contributed by atoms with Crippen molar-refractivity contribution in [2.45, 2.75) is 31.1 Å². The van der Waals surface area contributed by atoms with Gasteiger partial charge in [-0.3, -0.25) is 4.79 Å². The third-order valence-corrected chi connectivity index (χ3v) is 8.58. The molecule has 0 aliphatic carbocycles. The molecule has 7 nitrogen and oxygen atoms in total. The molecule has 2 aliphatic heterocycles.